The van der Waals surface area contributed by atoms with Crippen LogP contribution in [0.2, 0.25) is 0 Å². The highest BCUT2D eigenvalue weighted by molar-refractivity contribution is 5.79. The van der Waals surface area contributed by atoms with Gasteiger partial charge >= 0.3 is 0 Å². The maximum absolute atomic E-state index is 13.0. The number of carbonyl (C=O) groups excluding carboxylic acids is 1. The number of nitrogens with one attached hydrogen (secondary N) is 1. The van der Waals surface area contributed by atoms with Crippen LogP contribution >= 0.6 is 0 Å². The van der Waals surface area contributed by atoms with Gasteiger partial charge in [0.15, 0.2) is 6.29 Å². The molecule has 2 rings (SSSR count). The Balaban J connectivity index is 2.03. The number of carbonyl (C=O) groups is 1. The summed E-state index contributed by atoms with van der Waals surface area (Å²) < 4.78 is 23.6. The monoisotopic (exact) mass is 445 g/mol. The minimum absolute atomic E-state index is 0.0309. The molecule has 2 unspecified atom stereocenters. The molecule has 8 atom stereocenters. The lowest BCUT2D eigenvalue weighted by Gasteiger charge is -2.40. The summed E-state index contributed by atoms with van der Waals surface area (Å²) in [5.74, 6) is -0.429. The van der Waals surface area contributed by atoms with Gasteiger partial charge in [0.2, 0.25) is 5.91 Å². The van der Waals surface area contributed by atoms with Crippen LogP contribution in [-0.2, 0) is 20.7 Å². The summed E-state index contributed by atoms with van der Waals surface area (Å²) in [7, 11) is 0. The third-order valence-corrected chi connectivity index (χ3v) is 5.32. The summed E-state index contributed by atoms with van der Waals surface area (Å²) in [5, 5.41) is 52.7. The number of amides is 1. The number of hydrogen-bond acceptors (Lipinski definition) is 8. The zero-order valence-corrected chi connectivity index (χ0v) is 17.6. The Labute approximate surface area is 180 Å². The van der Waals surface area contributed by atoms with Gasteiger partial charge in [-0.15, -0.1) is 0 Å². The van der Waals surface area contributed by atoms with Crippen LogP contribution in [0, 0.1) is 6.92 Å². The van der Waals surface area contributed by atoms with Crippen molar-refractivity contribution in [3.05, 3.63) is 35.4 Å². The number of hydrogen-bond donors (Lipinski definition) is 6. The Morgan fingerprint density at radius 3 is 2.39 bits per heavy atom. The minimum Gasteiger partial charge on any atom is -0.390 e. The van der Waals surface area contributed by atoms with E-state index >= 15 is 0 Å². The number of alkyl halides is 1. The Morgan fingerprint density at radius 1 is 1.16 bits per heavy atom. The topological polar surface area (TPSA) is 149 Å². The fraction of sp³-hybridized carbons (Fsp3) is 0.667. The molecule has 6 N–H and O–H groups in total. The smallest absolute Gasteiger partial charge is 0.224 e. The number of benzene rings is 1. The highest BCUT2D eigenvalue weighted by Gasteiger charge is 2.44. The normalized spacial score (nSPS) is 29.2. The van der Waals surface area contributed by atoms with Crippen molar-refractivity contribution in [2.45, 2.75) is 75.6 Å². The molecule has 1 aliphatic rings. The molecule has 0 aliphatic carbocycles. The molecule has 1 fully saturated rings. The summed E-state index contributed by atoms with van der Waals surface area (Å²) in [6, 6.07) is 6.25. The zero-order chi connectivity index (χ0) is 23.1. The molecular weight excluding hydrogens is 413 g/mol. The largest absolute Gasteiger partial charge is 0.390 e. The van der Waals surface area contributed by atoms with E-state index in [0.29, 0.717) is 0 Å². The average molecular weight is 445 g/mol. The first-order chi connectivity index (χ1) is 14.7. The lowest BCUT2D eigenvalue weighted by atomic mass is 9.99. The minimum atomic E-state index is -1.69. The molecule has 1 amide bonds. The predicted octanol–water partition coefficient (Wildman–Crippen LogP) is -1.05. The molecular formula is C21H32FNO8. The Hall–Kier alpha value is -1.66. The van der Waals surface area contributed by atoms with Crippen LogP contribution in [0.4, 0.5) is 4.39 Å². The molecule has 1 saturated heterocycles. The highest BCUT2D eigenvalue weighted by Crippen LogP contribution is 2.23. The van der Waals surface area contributed by atoms with Crippen molar-refractivity contribution in [2.24, 2.45) is 0 Å². The van der Waals surface area contributed by atoms with Crippen LogP contribution in [0.25, 0.3) is 0 Å². The molecule has 0 aromatic heterocycles. The Kier molecular flexibility index (Phi) is 9.76. The summed E-state index contributed by atoms with van der Waals surface area (Å²) in [4.78, 5) is 12.5. The number of aliphatic hydroxyl groups excluding tert-OH is 5. The SMILES string of the molecule is CC[C@@H](O)[C@@H](O)[C@H](CO[C@H]1OC(CF)[C@@H](O)[C@H](O)C1O)NC(=O)Cc1ccc(C)cc1. The van der Waals surface area contributed by atoms with Crippen molar-refractivity contribution in [2.75, 3.05) is 13.3 Å². The van der Waals surface area contributed by atoms with Gasteiger partial charge in [0.1, 0.15) is 37.2 Å². The van der Waals surface area contributed by atoms with Gasteiger partial charge in [-0.05, 0) is 18.9 Å². The Morgan fingerprint density at radius 2 is 1.81 bits per heavy atom. The quantitative estimate of drug-likeness (QED) is 0.267. The number of aliphatic hydroxyl groups is 5. The van der Waals surface area contributed by atoms with Gasteiger partial charge in [-0.2, -0.15) is 0 Å². The number of halogens is 1. The van der Waals surface area contributed by atoms with Crippen molar-refractivity contribution in [3.8, 4) is 0 Å². The molecule has 10 heteroatoms. The summed E-state index contributed by atoms with van der Waals surface area (Å²) in [6.45, 7) is 2.06. The van der Waals surface area contributed by atoms with Crippen molar-refractivity contribution < 1.29 is 44.2 Å². The summed E-state index contributed by atoms with van der Waals surface area (Å²) >= 11 is 0. The molecule has 31 heavy (non-hydrogen) atoms. The van der Waals surface area contributed by atoms with E-state index in [4.69, 9.17) is 9.47 Å². The molecule has 1 heterocycles. The average Bonchev–Trinajstić information content (AvgIpc) is 2.76. The molecule has 0 bridgehead atoms. The zero-order valence-electron chi connectivity index (χ0n) is 17.6. The van der Waals surface area contributed by atoms with Crippen LogP contribution in [0.1, 0.15) is 24.5 Å². The summed E-state index contributed by atoms with van der Waals surface area (Å²) in [5.41, 5.74) is 1.80. The molecule has 1 aromatic rings. The highest BCUT2D eigenvalue weighted by atomic mass is 19.1. The van der Waals surface area contributed by atoms with E-state index in [1.165, 1.54) is 0 Å². The Bertz CT molecular complexity index is 688. The van der Waals surface area contributed by atoms with Gasteiger partial charge in [0, 0.05) is 0 Å². The van der Waals surface area contributed by atoms with Crippen LogP contribution < -0.4 is 5.32 Å². The molecule has 1 aliphatic heterocycles. The van der Waals surface area contributed by atoms with Crippen LogP contribution in [0.5, 0.6) is 0 Å². The fourth-order valence-corrected chi connectivity index (χ4v) is 3.26. The standard InChI is InChI=1S/C21H32FNO8/c1-3-14(24)17(26)13(23-16(25)8-12-6-4-11(2)5-7-12)10-30-21-20(29)19(28)18(27)15(9-22)31-21/h4-7,13-15,17-21,24,26-29H,3,8-10H2,1-2H3,(H,23,25)/t13-,14+,15?,17-,18+,19-,20?,21-/m0/s1. The number of rotatable bonds is 10. The molecule has 176 valence electrons. The van der Waals surface area contributed by atoms with Crippen molar-refractivity contribution in [1.29, 1.82) is 0 Å². The van der Waals surface area contributed by atoms with Gasteiger partial charge in [-0.3, -0.25) is 4.79 Å². The van der Waals surface area contributed by atoms with Gasteiger partial charge in [-0.25, -0.2) is 4.39 Å². The predicted molar refractivity (Wildman–Crippen MR) is 108 cm³/mol. The fourth-order valence-electron chi connectivity index (χ4n) is 3.26. The molecule has 9 nitrogen and oxygen atoms in total. The van der Waals surface area contributed by atoms with Crippen molar-refractivity contribution in [3.63, 3.8) is 0 Å². The first-order valence-electron chi connectivity index (χ1n) is 10.3. The number of ether oxygens (including phenoxy) is 2. The lowest BCUT2D eigenvalue weighted by molar-refractivity contribution is -0.300. The maximum Gasteiger partial charge on any atom is 0.224 e. The second-order valence-corrected chi connectivity index (χ2v) is 7.80. The second kappa shape index (κ2) is 11.8. The third kappa shape index (κ3) is 6.91. The first-order valence-corrected chi connectivity index (χ1v) is 10.3. The second-order valence-electron chi connectivity index (χ2n) is 7.80. The van der Waals surface area contributed by atoms with Crippen LogP contribution in [-0.4, -0.2) is 93.7 Å². The van der Waals surface area contributed by atoms with Gasteiger partial charge in [0.25, 0.3) is 0 Å². The van der Waals surface area contributed by atoms with Crippen LogP contribution in [0.3, 0.4) is 0 Å². The van der Waals surface area contributed by atoms with Gasteiger partial charge < -0.3 is 40.3 Å². The van der Waals surface area contributed by atoms with Gasteiger partial charge in [-0.1, -0.05) is 36.8 Å². The van der Waals surface area contributed by atoms with E-state index in [1.807, 2.05) is 19.1 Å². The van der Waals surface area contributed by atoms with E-state index in [1.54, 1.807) is 19.1 Å². The third-order valence-electron chi connectivity index (χ3n) is 5.32. The van der Waals surface area contributed by atoms with Crippen molar-refractivity contribution in [1.82, 2.24) is 5.32 Å². The number of aryl methyl sites for hydroxylation is 1. The first kappa shape index (κ1) is 25.6. The molecule has 0 radical (unpaired) electrons. The van der Waals surface area contributed by atoms with E-state index in [2.05, 4.69) is 5.32 Å². The maximum atomic E-state index is 13.0. The van der Waals surface area contributed by atoms with Gasteiger partial charge in [0.05, 0.1) is 25.2 Å². The van der Waals surface area contributed by atoms with E-state index in [-0.39, 0.29) is 12.8 Å². The van der Waals surface area contributed by atoms with E-state index in [9.17, 15) is 34.7 Å². The molecule has 0 spiro atoms. The van der Waals surface area contributed by atoms with Crippen molar-refractivity contribution >= 4 is 5.91 Å². The van der Waals surface area contributed by atoms with Crippen LogP contribution in [0.15, 0.2) is 24.3 Å². The summed E-state index contributed by atoms with van der Waals surface area (Å²) in [6.07, 6.45) is -10.2. The molecule has 1 aromatic carbocycles. The lowest BCUT2D eigenvalue weighted by Crippen LogP contribution is -2.60. The van der Waals surface area contributed by atoms with E-state index < -0.39 is 68.1 Å². The molecule has 0 saturated carbocycles. The van der Waals surface area contributed by atoms with E-state index in [0.717, 1.165) is 11.1 Å².